The largest absolute Gasteiger partial charge is 0.354 e. The monoisotopic (exact) mass is 341 g/mol. The highest BCUT2D eigenvalue weighted by atomic mass is 35.5. The molecule has 0 aromatic carbocycles. The zero-order valence-corrected chi connectivity index (χ0v) is 15.5. The van der Waals surface area contributed by atoms with Crippen LogP contribution >= 0.6 is 24.8 Å². The lowest BCUT2D eigenvalue weighted by atomic mass is 9.86. The lowest BCUT2D eigenvalue weighted by molar-refractivity contribution is -0.124. The van der Waals surface area contributed by atoms with Gasteiger partial charge >= 0.3 is 0 Å². The first kappa shape index (κ1) is 23.2. The fourth-order valence-corrected chi connectivity index (χ4v) is 2.48. The Labute approximate surface area is 142 Å². The maximum Gasteiger partial charge on any atom is 0.237 e. The maximum absolute atomic E-state index is 12.0. The van der Waals surface area contributed by atoms with Gasteiger partial charge in [0, 0.05) is 6.54 Å². The van der Waals surface area contributed by atoms with Crippen molar-refractivity contribution in [1.82, 2.24) is 10.2 Å². The zero-order chi connectivity index (χ0) is 14.5. The standard InChI is InChI=1S/C15H31N3O.2ClH/c1-5-8-18-9-6-12(7-10-18)11-17-14(19)13(16)15(2,3)4;;/h12-13H,5-11,16H2,1-4H3,(H,17,19);2*1H/t13-;;/m1../s1. The number of rotatable bonds is 5. The third-order valence-corrected chi connectivity index (χ3v) is 4.03. The molecule has 0 bridgehead atoms. The molecular weight excluding hydrogens is 309 g/mol. The summed E-state index contributed by atoms with van der Waals surface area (Å²) in [6.45, 7) is 12.5. The fourth-order valence-electron chi connectivity index (χ4n) is 2.48. The number of amides is 1. The molecule has 1 fully saturated rings. The third-order valence-electron chi connectivity index (χ3n) is 4.03. The highest BCUT2D eigenvalue weighted by Crippen LogP contribution is 2.19. The fraction of sp³-hybridized carbons (Fsp3) is 0.933. The van der Waals surface area contributed by atoms with Gasteiger partial charge in [0.2, 0.25) is 5.91 Å². The summed E-state index contributed by atoms with van der Waals surface area (Å²) in [5, 5.41) is 3.02. The van der Waals surface area contributed by atoms with E-state index in [4.69, 9.17) is 5.73 Å². The van der Waals surface area contributed by atoms with E-state index in [1.165, 1.54) is 38.9 Å². The molecular formula is C15H33Cl2N3O. The minimum atomic E-state index is -0.423. The second kappa shape index (κ2) is 10.7. The van der Waals surface area contributed by atoms with Crippen LogP contribution in [0.1, 0.15) is 47.0 Å². The Hall–Kier alpha value is -0.0300. The number of carbonyl (C=O) groups is 1. The number of hydrogen-bond acceptors (Lipinski definition) is 3. The van der Waals surface area contributed by atoms with Crippen LogP contribution in [-0.2, 0) is 4.79 Å². The van der Waals surface area contributed by atoms with E-state index in [0.717, 1.165) is 6.54 Å². The first-order chi connectivity index (χ1) is 8.84. The Morgan fingerprint density at radius 2 is 1.81 bits per heavy atom. The summed E-state index contributed by atoms with van der Waals surface area (Å²) < 4.78 is 0. The molecule has 1 aliphatic heterocycles. The van der Waals surface area contributed by atoms with Crippen molar-refractivity contribution < 1.29 is 4.79 Å². The summed E-state index contributed by atoms with van der Waals surface area (Å²) in [7, 11) is 0. The van der Waals surface area contributed by atoms with E-state index in [9.17, 15) is 4.79 Å². The molecule has 0 aliphatic carbocycles. The Morgan fingerprint density at radius 3 is 2.24 bits per heavy atom. The average molecular weight is 342 g/mol. The number of nitrogens with two attached hydrogens (primary N) is 1. The van der Waals surface area contributed by atoms with E-state index in [1.807, 2.05) is 20.8 Å². The van der Waals surface area contributed by atoms with E-state index >= 15 is 0 Å². The van der Waals surface area contributed by atoms with Gasteiger partial charge in [0.05, 0.1) is 6.04 Å². The van der Waals surface area contributed by atoms with Gasteiger partial charge in [-0.15, -0.1) is 24.8 Å². The quantitative estimate of drug-likeness (QED) is 0.807. The number of halogens is 2. The highest BCUT2D eigenvalue weighted by Gasteiger charge is 2.28. The van der Waals surface area contributed by atoms with Gasteiger partial charge in [0.25, 0.3) is 0 Å². The summed E-state index contributed by atoms with van der Waals surface area (Å²) >= 11 is 0. The van der Waals surface area contributed by atoms with Gasteiger partial charge in [-0.1, -0.05) is 27.7 Å². The number of nitrogens with zero attached hydrogens (tertiary/aromatic N) is 1. The van der Waals surface area contributed by atoms with Crippen LogP contribution in [0.15, 0.2) is 0 Å². The van der Waals surface area contributed by atoms with Crippen LogP contribution in [0.25, 0.3) is 0 Å². The summed E-state index contributed by atoms with van der Waals surface area (Å²) in [5.41, 5.74) is 5.78. The molecule has 3 N–H and O–H groups in total. The molecule has 0 saturated carbocycles. The van der Waals surface area contributed by atoms with Gasteiger partial charge in [-0.05, 0) is 50.2 Å². The smallest absolute Gasteiger partial charge is 0.237 e. The normalized spacial score (nSPS) is 18.3. The van der Waals surface area contributed by atoms with Gasteiger partial charge in [-0.25, -0.2) is 0 Å². The Balaban J connectivity index is 0. The number of hydrogen-bond donors (Lipinski definition) is 2. The van der Waals surface area contributed by atoms with Crippen LogP contribution < -0.4 is 11.1 Å². The third kappa shape index (κ3) is 8.24. The molecule has 1 rings (SSSR count). The molecule has 4 nitrogen and oxygen atoms in total. The SMILES string of the molecule is CCCN1CCC(CNC(=O)[C@@H](N)C(C)(C)C)CC1.Cl.Cl. The average Bonchev–Trinajstić information content (AvgIpc) is 2.36. The lowest BCUT2D eigenvalue weighted by Gasteiger charge is -2.32. The summed E-state index contributed by atoms with van der Waals surface area (Å²) in [4.78, 5) is 14.5. The lowest BCUT2D eigenvalue weighted by Crippen LogP contribution is -2.50. The minimum Gasteiger partial charge on any atom is -0.354 e. The van der Waals surface area contributed by atoms with Crippen LogP contribution in [0.2, 0.25) is 0 Å². The van der Waals surface area contributed by atoms with Crippen molar-refractivity contribution in [2.75, 3.05) is 26.2 Å². The first-order valence-electron chi connectivity index (χ1n) is 7.60. The van der Waals surface area contributed by atoms with Crippen molar-refractivity contribution in [3.8, 4) is 0 Å². The van der Waals surface area contributed by atoms with Crippen LogP contribution in [0.3, 0.4) is 0 Å². The van der Waals surface area contributed by atoms with Crippen LogP contribution in [0, 0.1) is 11.3 Å². The number of likely N-dealkylation sites (tertiary alicyclic amines) is 1. The van der Waals surface area contributed by atoms with Crippen molar-refractivity contribution in [2.45, 2.75) is 53.0 Å². The second-order valence-corrected chi connectivity index (χ2v) is 6.87. The van der Waals surface area contributed by atoms with E-state index < -0.39 is 6.04 Å². The van der Waals surface area contributed by atoms with Crippen molar-refractivity contribution >= 4 is 30.7 Å². The van der Waals surface area contributed by atoms with Crippen molar-refractivity contribution in [2.24, 2.45) is 17.1 Å². The molecule has 1 amide bonds. The van der Waals surface area contributed by atoms with Gasteiger partial charge in [-0.3, -0.25) is 4.79 Å². The Kier molecular flexibility index (Phi) is 11.8. The molecule has 1 saturated heterocycles. The van der Waals surface area contributed by atoms with Crippen molar-refractivity contribution in [3.05, 3.63) is 0 Å². The first-order valence-corrected chi connectivity index (χ1v) is 7.60. The zero-order valence-electron chi connectivity index (χ0n) is 13.9. The maximum atomic E-state index is 12.0. The molecule has 1 aliphatic rings. The van der Waals surface area contributed by atoms with Crippen molar-refractivity contribution in [1.29, 1.82) is 0 Å². The number of nitrogens with one attached hydrogen (secondary N) is 1. The highest BCUT2D eigenvalue weighted by molar-refractivity contribution is 5.85. The van der Waals surface area contributed by atoms with Crippen LogP contribution in [0.5, 0.6) is 0 Å². The number of piperidine rings is 1. The summed E-state index contributed by atoms with van der Waals surface area (Å²) in [6, 6.07) is -0.423. The molecule has 0 unspecified atom stereocenters. The van der Waals surface area contributed by atoms with Gasteiger partial charge in [0.15, 0.2) is 0 Å². The van der Waals surface area contributed by atoms with Gasteiger partial charge in [0.1, 0.15) is 0 Å². The van der Waals surface area contributed by atoms with Crippen molar-refractivity contribution in [3.63, 3.8) is 0 Å². The topological polar surface area (TPSA) is 58.4 Å². The molecule has 21 heavy (non-hydrogen) atoms. The molecule has 1 atom stereocenters. The Morgan fingerprint density at radius 1 is 1.29 bits per heavy atom. The van der Waals surface area contributed by atoms with E-state index in [0.29, 0.717) is 5.92 Å². The molecule has 128 valence electrons. The molecule has 0 aromatic heterocycles. The molecule has 0 aromatic rings. The molecule has 0 radical (unpaired) electrons. The summed E-state index contributed by atoms with van der Waals surface area (Å²) in [6.07, 6.45) is 3.60. The molecule has 0 spiro atoms. The van der Waals surface area contributed by atoms with E-state index in [1.54, 1.807) is 0 Å². The Bertz CT molecular complexity index is 287. The predicted octanol–water partition coefficient (Wildman–Crippen LogP) is 2.44. The molecule has 6 heteroatoms. The molecule has 1 heterocycles. The van der Waals surface area contributed by atoms with Gasteiger partial charge < -0.3 is 16.0 Å². The minimum absolute atomic E-state index is 0. The van der Waals surface area contributed by atoms with Crippen LogP contribution in [0.4, 0.5) is 0 Å². The second-order valence-electron chi connectivity index (χ2n) is 6.87. The van der Waals surface area contributed by atoms with E-state index in [-0.39, 0.29) is 36.1 Å². The van der Waals surface area contributed by atoms with Gasteiger partial charge in [-0.2, -0.15) is 0 Å². The predicted molar refractivity (Wildman–Crippen MR) is 94.4 cm³/mol. The number of carbonyl (C=O) groups excluding carboxylic acids is 1. The van der Waals surface area contributed by atoms with Crippen LogP contribution in [-0.4, -0.2) is 43.0 Å². The summed E-state index contributed by atoms with van der Waals surface area (Å²) in [5.74, 6) is 0.604. The van der Waals surface area contributed by atoms with E-state index in [2.05, 4.69) is 17.1 Å².